The normalized spacial score (nSPS) is 15.6. The molecule has 0 saturated carbocycles. The summed E-state index contributed by atoms with van der Waals surface area (Å²) in [5.74, 6) is 0.414. The molecule has 1 aromatic rings. The number of hydrogen-bond acceptors (Lipinski definition) is 1. The van der Waals surface area contributed by atoms with Gasteiger partial charge < -0.3 is 0 Å². The Morgan fingerprint density at radius 3 is 2.61 bits per heavy atom. The van der Waals surface area contributed by atoms with Gasteiger partial charge in [0.05, 0.1) is 0 Å². The van der Waals surface area contributed by atoms with E-state index in [2.05, 4.69) is 67.4 Å². The molecular formula is C17H21N. The number of hydrogen-bond donors (Lipinski definition) is 0. The molecule has 2 rings (SSSR count). The first-order valence-corrected chi connectivity index (χ1v) is 6.78. The largest absolute Gasteiger partial charge is 0.289 e. The van der Waals surface area contributed by atoms with Crippen molar-refractivity contribution >= 4 is 5.71 Å². The minimum atomic E-state index is 0.414. The highest BCUT2D eigenvalue weighted by atomic mass is 14.7. The molecule has 0 heterocycles. The van der Waals surface area contributed by atoms with Crippen LogP contribution in [0.5, 0.6) is 0 Å². The Hall–Kier alpha value is -1.63. The van der Waals surface area contributed by atoms with Gasteiger partial charge in [0.25, 0.3) is 0 Å². The van der Waals surface area contributed by atoms with Crippen LogP contribution in [-0.4, -0.2) is 12.3 Å². The molecule has 0 N–H and O–H groups in total. The van der Waals surface area contributed by atoms with Crippen molar-refractivity contribution in [1.29, 1.82) is 0 Å². The number of allylic oxidation sites excluding steroid dienone is 4. The Morgan fingerprint density at radius 2 is 1.89 bits per heavy atom. The summed E-state index contributed by atoms with van der Waals surface area (Å²) in [6.45, 7) is 5.26. The second-order valence-electron chi connectivity index (χ2n) is 4.70. The molecule has 1 heteroatoms. The van der Waals surface area contributed by atoms with Crippen LogP contribution in [0.25, 0.3) is 0 Å². The second-order valence-corrected chi connectivity index (χ2v) is 4.70. The van der Waals surface area contributed by atoms with Gasteiger partial charge in [0, 0.05) is 18.2 Å². The van der Waals surface area contributed by atoms with Gasteiger partial charge in [-0.25, -0.2) is 0 Å². The van der Waals surface area contributed by atoms with E-state index in [0.29, 0.717) is 5.92 Å². The van der Waals surface area contributed by atoms with E-state index in [1.165, 1.54) is 24.0 Å². The SMILES string of the molecule is CCCCN=C(C)c1ccccc1C1C=CC=C1. The lowest BCUT2D eigenvalue weighted by Crippen LogP contribution is -2.03. The first-order valence-electron chi connectivity index (χ1n) is 6.78. The van der Waals surface area contributed by atoms with E-state index < -0.39 is 0 Å². The molecule has 0 spiro atoms. The maximum Gasteiger partial charge on any atom is 0.0392 e. The lowest BCUT2D eigenvalue weighted by atomic mass is 9.93. The lowest BCUT2D eigenvalue weighted by Gasteiger charge is -2.12. The van der Waals surface area contributed by atoms with E-state index in [9.17, 15) is 0 Å². The minimum Gasteiger partial charge on any atom is -0.289 e. The van der Waals surface area contributed by atoms with E-state index in [-0.39, 0.29) is 0 Å². The van der Waals surface area contributed by atoms with E-state index in [1.54, 1.807) is 0 Å². The highest BCUT2D eigenvalue weighted by Gasteiger charge is 2.12. The van der Waals surface area contributed by atoms with Crippen LogP contribution in [0.1, 0.15) is 43.7 Å². The monoisotopic (exact) mass is 239 g/mol. The third-order valence-electron chi connectivity index (χ3n) is 3.32. The third-order valence-corrected chi connectivity index (χ3v) is 3.32. The minimum absolute atomic E-state index is 0.414. The maximum atomic E-state index is 4.68. The number of aliphatic imine (C=N–C) groups is 1. The van der Waals surface area contributed by atoms with Crippen LogP contribution in [0.3, 0.4) is 0 Å². The van der Waals surface area contributed by atoms with Crippen molar-refractivity contribution in [2.24, 2.45) is 4.99 Å². The number of unbranched alkanes of at least 4 members (excludes halogenated alkanes) is 1. The van der Waals surface area contributed by atoms with Crippen molar-refractivity contribution in [3.05, 3.63) is 59.7 Å². The summed E-state index contributed by atoms with van der Waals surface area (Å²) < 4.78 is 0. The highest BCUT2D eigenvalue weighted by molar-refractivity contribution is 6.00. The molecular weight excluding hydrogens is 218 g/mol. The Kier molecular flexibility index (Phi) is 4.52. The summed E-state index contributed by atoms with van der Waals surface area (Å²) in [4.78, 5) is 4.68. The maximum absolute atomic E-state index is 4.68. The molecule has 0 amide bonds. The first-order chi connectivity index (χ1) is 8.83. The summed E-state index contributed by atoms with van der Waals surface area (Å²) in [7, 11) is 0. The fourth-order valence-corrected chi connectivity index (χ4v) is 2.25. The molecule has 0 fully saturated rings. The topological polar surface area (TPSA) is 12.4 Å². The quantitative estimate of drug-likeness (QED) is 0.529. The van der Waals surface area contributed by atoms with E-state index >= 15 is 0 Å². The van der Waals surface area contributed by atoms with Gasteiger partial charge in [-0.1, -0.05) is 61.9 Å². The van der Waals surface area contributed by atoms with Crippen LogP contribution in [0, 0.1) is 0 Å². The number of nitrogens with zero attached hydrogens (tertiary/aromatic N) is 1. The van der Waals surface area contributed by atoms with Gasteiger partial charge in [-0.05, 0) is 24.5 Å². The highest BCUT2D eigenvalue weighted by Crippen LogP contribution is 2.26. The molecule has 94 valence electrons. The van der Waals surface area contributed by atoms with Crippen LogP contribution in [-0.2, 0) is 0 Å². The van der Waals surface area contributed by atoms with Crippen LogP contribution < -0.4 is 0 Å². The number of benzene rings is 1. The van der Waals surface area contributed by atoms with Crippen molar-refractivity contribution in [3.8, 4) is 0 Å². The molecule has 1 aliphatic rings. The molecule has 0 radical (unpaired) electrons. The lowest BCUT2D eigenvalue weighted by molar-refractivity contribution is 0.807. The van der Waals surface area contributed by atoms with Crippen molar-refractivity contribution in [2.45, 2.75) is 32.6 Å². The molecule has 1 aliphatic carbocycles. The van der Waals surface area contributed by atoms with Gasteiger partial charge >= 0.3 is 0 Å². The van der Waals surface area contributed by atoms with Crippen LogP contribution in [0.15, 0.2) is 53.6 Å². The standard InChI is InChI=1S/C17H21N/c1-3-4-13-18-14(2)16-11-7-8-12-17(16)15-9-5-6-10-15/h5-12,15H,3-4,13H2,1-2H3. The summed E-state index contributed by atoms with van der Waals surface area (Å²) in [6, 6.07) is 8.59. The van der Waals surface area contributed by atoms with Gasteiger partial charge in [0.1, 0.15) is 0 Å². The summed E-state index contributed by atoms with van der Waals surface area (Å²) in [5, 5.41) is 0. The van der Waals surface area contributed by atoms with Gasteiger partial charge in [-0.2, -0.15) is 0 Å². The van der Waals surface area contributed by atoms with Crippen LogP contribution >= 0.6 is 0 Å². The van der Waals surface area contributed by atoms with E-state index in [0.717, 1.165) is 12.3 Å². The van der Waals surface area contributed by atoms with E-state index in [4.69, 9.17) is 0 Å². The van der Waals surface area contributed by atoms with Gasteiger partial charge in [0.2, 0.25) is 0 Å². The van der Waals surface area contributed by atoms with Gasteiger partial charge in [-0.3, -0.25) is 4.99 Å². The van der Waals surface area contributed by atoms with E-state index in [1.807, 2.05) is 0 Å². The Labute approximate surface area is 110 Å². The predicted molar refractivity (Wildman–Crippen MR) is 79.4 cm³/mol. The summed E-state index contributed by atoms with van der Waals surface area (Å²) >= 11 is 0. The fourth-order valence-electron chi connectivity index (χ4n) is 2.25. The zero-order valence-electron chi connectivity index (χ0n) is 11.3. The molecule has 0 aliphatic heterocycles. The molecule has 1 nitrogen and oxygen atoms in total. The second kappa shape index (κ2) is 6.34. The molecule has 0 atom stereocenters. The average Bonchev–Trinajstić information content (AvgIpc) is 2.93. The summed E-state index contributed by atoms with van der Waals surface area (Å²) in [5.41, 5.74) is 3.81. The molecule has 0 unspecified atom stereocenters. The molecule has 0 saturated heterocycles. The Morgan fingerprint density at radius 1 is 1.17 bits per heavy atom. The van der Waals surface area contributed by atoms with Crippen LogP contribution in [0.2, 0.25) is 0 Å². The Bertz CT molecular complexity index is 468. The van der Waals surface area contributed by atoms with Crippen molar-refractivity contribution in [1.82, 2.24) is 0 Å². The molecule has 0 aromatic heterocycles. The average molecular weight is 239 g/mol. The predicted octanol–water partition coefficient (Wildman–Crippen LogP) is 4.51. The van der Waals surface area contributed by atoms with Crippen molar-refractivity contribution in [2.75, 3.05) is 6.54 Å². The van der Waals surface area contributed by atoms with Gasteiger partial charge in [-0.15, -0.1) is 0 Å². The van der Waals surface area contributed by atoms with Crippen LogP contribution in [0.4, 0.5) is 0 Å². The van der Waals surface area contributed by atoms with Crippen molar-refractivity contribution in [3.63, 3.8) is 0 Å². The molecule has 18 heavy (non-hydrogen) atoms. The van der Waals surface area contributed by atoms with Gasteiger partial charge in [0.15, 0.2) is 0 Å². The zero-order chi connectivity index (χ0) is 12.8. The Balaban J connectivity index is 2.24. The van der Waals surface area contributed by atoms with Crippen molar-refractivity contribution < 1.29 is 0 Å². The molecule has 0 bridgehead atoms. The number of rotatable bonds is 5. The fraction of sp³-hybridized carbons (Fsp3) is 0.353. The molecule has 1 aromatic carbocycles. The first kappa shape index (κ1) is 12.8. The summed E-state index contributed by atoms with van der Waals surface area (Å²) in [6.07, 6.45) is 11.1. The third kappa shape index (κ3) is 2.98. The smallest absolute Gasteiger partial charge is 0.0392 e. The zero-order valence-corrected chi connectivity index (χ0v) is 11.3.